The van der Waals surface area contributed by atoms with Gasteiger partial charge in [0.25, 0.3) is 0 Å². The molecule has 6 heteroatoms. The topological polar surface area (TPSA) is 64.0 Å². The van der Waals surface area contributed by atoms with Gasteiger partial charge in [0.15, 0.2) is 0 Å². The third-order valence-electron chi connectivity index (χ3n) is 7.94. The summed E-state index contributed by atoms with van der Waals surface area (Å²) >= 11 is 0. The number of hydrogen-bond donors (Lipinski definition) is 1. The van der Waals surface area contributed by atoms with Crippen molar-refractivity contribution in [1.82, 2.24) is 9.88 Å². The summed E-state index contributed by atoms with van der Waals surface area (Å²) in [7, 11) is 0. The van der Waals surface area contributed by atoms with E-state index in [0.717, 1.165) is 32.1 Å². The highest BCUT2D eigenvalue weighted by Crippen LogP contribution is 2.57. The first-order valence-corrected chi connectivity index (χ1v) is 13.7. The van der Waals surface area contributed by atoms with Crippen molar-refractivity contribution in [2.45, 2.75) is 76.0 Å². The van der Waals surface area contributed by atoms with Gasteiger partial charge in [-0.1, -0.05) is 42.5 Å². The van der Waals surface area contributed by atoms with Crippen molar-refractivity contribution in [2.75, 3.05) is 26.4 Å². The quantitative estimate of drug-likeness (QED) is 0.314. The minimum atomic E-state index is 0.0250. The van der Waals surface area contributed by atoms with Crippen molar-refractivity contribution in [1.29, 1.82) is 0 Å². The van der Waals surface area contributed by atoms with Crippen molar-refractivity contribution in [3.05, 3.63) is 77.6 Å². The van der Waals surface area contributed by atoms with Crippen LogP contribution in [0.1, 0.15) is 67.7 Å². The number of aliphatic hydroxyl groups is 1. The summed E-state index contributed by atoms with van der Waals surface area (Å²) in [6.45, 7) is 5.04. The first-order chi connectivity index (χ1) is 17.8. The van der Waals surface area contributed by atoms with Gasteiger partial charge in [0.05, 0.1) is 37.9 Å². The van der Waals surface area contributed by atoms with Crippen molar-refractivity contribution < 1.29 is 19.3 Å². The van der Waals surface area contributed by atoms with Crippen LogP contribution in [-0.2, 0) is 20.8 Å². The molecule has 6 rings (SSSR count). The first-order valence-electron chi connectivity index (χ1n) is 13.7. The van der Waals surface area contributed by atoms with Crippen LogP contribution in [0.25, 0.3) is 0 Å². The Bertz CT molecular complexity index is 984. The Kier molecular flexibility index (Phi) is 8.83. The maximum Gasteiger partial charge on any atom is 0.121 e. The molecule has 0 spiro atoms. The highest BCUT2D eigenvalue weighted by atomic mass is 16.5. The molecule has 0 saturated carbocycles. The molecule has 1 aromatic heterocycles. The number of allylic oxidation sites excluding steroid dienone is 2. The lowest BCUT2D eigenvalue weighted by molar-refractivity contribution is -0.161. The number of ether oxygens (including phenoxy) is 3. The number of nitrogens with zero attached hydrogens (tertiary/aromatic N) is 2. The molecule has 2 bridgehead atoms. The summed E-state index contributed by atoms with van der Waals surface area (Å²) < 4.78 is 19.2. The molecule has 2 aromatic rings. The second kappa shape index (κ2) is 12.4. The molecule has 1 aromatic carbocycles. The molecule has 0 unspecified atom stereocenters. The van der Waals surface area contributed by atoms with Gasteiger partial charge in [-0.05, 0) is 61.8 Å². The SMILES string of the molecule is CCO[C@@H]1[C@H](CC/C=C\CCCCO)[C@@H]2c3cnccc3[C@H]1[C@@H]1OC[C@@H](COCc3ccccc3)N12. The van der Waals surface area contributed by atoms with Gasteiger partial charge in [0.2, 0.25) is 0 Å². The lowest BCUT2D eigenvalue weighted by Gasteiger charge is -2.57. The van der Waals surface area contributed by atoms with Gasteiger partial charge in [0.1, 0.15) is 6.23 Å². The maximum absolute atomic E-state index is 9.00. The number of aromatic nitrogens is 1. The summed E-state index contributed by atoms with van der Waals surface area (Å²) in [5.41, 5.74) is 3.88. The Morgan fingerprint density at radius 1 is 1.11 bits per heavy atom. The van der Waals surface area contributed by atoms with Crippen LogP contribution in [0.3, 0.4) is 0 Å². The fourth-order valence-electron chi connectivity index (χ4n) is 6.44. The Morgan fingerprint density at radius 3 is 2.81 bits per heavy atom. The Balaban J connectivity index is 1.33. The molecule has 1 aliphatic carbocycles. The zero-order valence-corrected chi connectivity index (χ0v) is 21.4. The number of fused-ring (bicyclic) bond motifs is 1. The predicted molar refractivity (Wildman–Crippen MR) is 139 cm³/mol. The van der Waals surface area contributed by atoms with Crippen LogP contribution in [0.5, 0.6) is 0 Å². The first kappa shape index (κ1) is 25.6. The Labute approximate surface area is 215 Å². The molecule has 2 saturated heterocycles. The molecule has 2 fully saturated rings. The van der Waals surface area contributed by atoms with E-state index in [4.69, 9.17) is 19.3 Å². The number of piperidine rings is 1. The number of pyridine rings is 1. The number of rotatable bonds is 13. The van der Waals surface area contributed by atoms with Crippen LogP contribution in [0, 0.1) is 5.92 Å². The molecule has 194 valence electrons. The summed E-state index contributed by atoms with van der Waals surface area (Å²) in [6.07, 6.45) is 13.8. The zero-order valence-electron chi connectivity index (χ0n) is 21.4. The summed E-state index contributed by atoms with van der Waals surface area (Å²) in [4.78, 5) is 7.12. The largest absolute Gasteiger partial charge is 0.396 e. The number of aliphatic hydroxyl groups excluding tert-OH is 1. The van der Waals surface area contributed by atoms with E-state index in [9.17, 15) is 0 Å². The van der Waals surface area contributed by atoms with E-state index in [2.05, 4.69) is 65.5 Å². The van der Waals surface area contributed by atoms with E-state index in [1.165, 1.54) is 16.7 Å². The fourth-order valence-corrected chi connectivity index (χ4v) is 6.44. The summed E-state index contributed by atoms with van der Waals surface area (Å²) in [5.74, 6) is 0.564. The van der Waals surface area contributed by atoms with Gasteiger partial charge >= 0.3 is 0 Å². The number of hydrogen-bond acceptors (Lipinski definition) is 6. The average Bonchev–Trinajstić information content (AvgIpc) is 3.34. The van der Waals surface area contributed by atoms with E-state index in [-0.39, 0.29) is 36.9 Å². The number of benzene rings is 1. The van der Waals surface area contributed by atoms with E-state index >= 15 is 0 Å². The Hall–Kier alpha value is -2.09. The maximum atomic E-state index is 9.00. The highest BCUT2D eigenvalue weighted by molar-refractivity contribution is 5.40. The average molecular weight is 493 g/mol. The van der Waals surface area contributed by atoms with Crippen LogP contribution in [0.2, 0.25) is 0 Å². The summed E-state index contributed by atoms with van der Waals surface area (Å²) in [6, 6.07) is 13.0. The smallest absolute Gasteiger partial charge is 0.121 e. The third-order valence-corrected chi connectivity index (χ3v) is 7.94. The minimum Gasteiger partial charge on any atom is -0.396 e. The van der Waals surface area contributed by atoms with Crippen LogP contribution >= 0.6 is 0 Å². The van der Waals surface area contributed by atoms with Gasteiger partial charge in [-0.25, -0.2) is 0 Å². The van der Waals surface area contributed by atoms with Gasteiger partial charge in [-0.2, -0.15) is 0 Å². The molecule has 4 aliphatic rings. The second-order valence-electron chi connectivity index (χ2n) is 10.2. The van der Waals surface area contributed by atoms with Gasteiger partial charge in [0, 0.05) is 37.6 Å². The zero-order chi connectivity index (χ0) is 24.7. The standard InChI is InChI=1S/C30H40N2O4/c1-2-35-29-25(14-10-5-3-4-6-11-17-33)28-26-18-31-16-15-24(26)27(29)30-32(28)23(21-36-30)20-34-19-22-12-8-7-9-13-22/h3,5,7-9,12-13,15-16,18,23,25,27-30,33H,2,4,6,10-11,14,17,19-21H2,1H3/b5-3-/t23-,25-,27-,28-,29-,30+/m1/s1. The van der Waals surface area contributed by atoms with Crippen molar-refractivity contribution >= 4 is 0 Å². The molecule has 3 aliphatic heterocycles. The fraction of sp³-hybridized carbons (Fsp3) is 0.567. The van der Waals surface area contributed by atoms with Crippen molar-refractivity contribution in [3.63, 3.8) is 0 Å². The molecule has 36 heavy (non-hydrogen) atoms. The lowest BCUT2D eigenvalue weighted by atomic mass is 9.65. The molecular weight excluding hydrogens is 452 g/mol. The van der Waals surface area contributed by atoms with Crippen LogP contribution in [0.15, 0.2) is 60.9 Å². The molecule has 1 N–H and O–H groups in total. The number of unbranched alkanes of at least 4 members (excludes halogenated alkanes) is 2. The molecule has 0 amide bonds. The monoisotopic (exact) mass is 492 g/mol. The van der Waals surface area contributed by atoms with Crippen LogP contribution < -0.4 is 0 Å². The van der Waals surface area contributed by atoms with E-state index in [1.54, 1.807) is 0 Å². The van der Waals surface area contributed by atoms with E-state index < -0.39 is 0 Å². The van der Waals surface area contributed by atoms with Crippen LogP contribution in [-0.4, -0.2) is 59.8 Å². The lowest BCUT2D eigenvalue weighted by Crippen LogP contribution is -2.61. The summed E-state index contributed by atoms with van der Waals surface area (Å²) in [5, 5.41) is 9.00. The Morgan fingerprint density at radius 2 is 1.97 bits per heavy atom. The second-order valence-corrected chi connectivity index (χ2v) is 10.2. The molecule has 0 radical (unpaired) electrons. The molecule has 6 nitrogen and oxygen atoms in total. The van der Waals surface area contributed by atoms with Gasteiger partial charge in [-0.15, -0.1) is 0 Å². The van der Waals surface area contributed by atoms with Gasteiger partial charge in [-0.3, -0.25) is 9.88 Å². The third kappa shape index (κ3) is 5.29. The molecule has 6 atom stereocenters. The highest BCUT2D eigenvalue weighted by Gasteiger charge is 2.60. The normalized spacial score (nSPS) is 29.1. The predicted octanol–water partition coefficient (Wildman–Crippen LogP) is 5.00. The molecular formula is C30H40N2O4. The van der Waals surface area contributed by atoms with Crippen LogP contribution in [0.4, 0.5) is 0 Å². The van der Waals surface area contributed by atoms with Gasteiger partial charge < -0.3 is 19.3 Å². The van der Waals surface area contributed by atoms with Crippen molar-refractivity contribution in [2.24, 2.45) is 5.92 Å². The van der Waals surface area contributed by atoms with E-state index in [1.807, 2.05) is 12.3 Å². The minimum absolute atomic E-state index is 0.0250. The molecule has 4 heterocycles. The van der Waals surface area contributed by atoms with E-state index in [0.29, 0.717) is 32.3 Å². The van der Waals surface area contributed by atoms with Crippen molar-refractivity contribution in [3.8, 4) is 0 Å².